The van der Waals surface area contributed by atoms with E-state index in [0.29, 0.717) is 0 Å². The standard InChI is InChI=1S/C26H27F/c1-2-3-4-5-6-19-7-15-25-22(17-19)8-9-23-18-21(12-16-26(23)25)20-10-13-24(27)14-11-20/h7,10-18H,2-6,8-9H2,1H3. The predicted octanol–water partition coefficient (Wildman–Crippen LogP) is 7.38. The maximum atomic E-state index is 13.2. The maximum Gasteiger partial charge on any atom is 0.123 e. The third kappa shape index (κ3) is 3.98. The van der Waals surface area contributed by atoms with Gasteiger partial charge in [-0.2, -0.15) is 0 Å². The van der Waals surface area contributed by atoms with Crippen LogP contribution in [0.3, 0.4) is 0 Å². The molecule has 0 nitrogen and oxygen atoms in total. The molecule has 0 N–H and O–H groups in total. The lowest BCUT2D eigenvalue weighted by molar-refractivity contribution is 0.628. The first-order valence-electron chi connectivity index (χ1n) is 10.3. The van der Waals surface area contributed by atoms with E-state index in [4.69, 9.17) is 0 Å². The predicted molar refractivity (Wildman–Crippen MR) is 113 cm³/mol. The number of rotatable bonds is 6. The van der Waals surface area contributed by atoms with E-state index < -0.39 is 0 Å². The Hall–Kier alpha value is -2.41. The number of hydrogen-bond donors (Lipinski definition) is 0. The third-order valence-electron chi connectivity index (χ3n) is 5.73. The second-order valence-corrected chi connectivity index (χ2v) is 7.68. The van der Waals surface area contributed by atoms with Gasteiger partial charge in [-0.15, -0.1) is 0 Å². The largest absolute Gasteiger partial charge is 0.207 e. The van der Waals surface area contributed by atoms with Gasteiger partial charge >= 0.3 is 0 Å². The summed E-state index contributed by atoms with van der Waals surface area (Å²) in [6.07, 6.45) is 8.65. The van der Waals surface area contributed by atoms with Crippen molar-refractivity contribution < 1.29 is 4.39 Å². The molecule has 4 rings (SSSR count). The lowest BCUT2D eigenvalue weighted by Crippen LogP contribution is -2.05. The van der Waals surface area contributed by atoms with E-state index in [-0.39, 0.29) is 5.82 Å². The normalized spacial score (nSPS) is 12.5. The Labute approximate surface area is 162 Å². The van der Waals surface area contributed by atoms with Crippen LogP contribution in [0.15, 0.2) is 60.7 Å². The molecule has 0 amide bonds. The van der Waals surface area contributed by atoms with E-state index in [9.17, 15) is 4.39 Å². The van der Waals surface area contributed by atoms with Gasteiger partial charge in [-0.3, -0.25) is 0 Å². The highest BCUT2D eigenvalue weighted by molar-refractivity contribution is 5.77. The molecule has 27 heavy (non-hydrogen) atoms. The summed E-state index contributed by atoms with van der Waals surface area (Å²) in [6, 6.07) is 20.5. The quantitative estimate of drug-likeness (QED) is 0.403. The minimum atomic E-state index is -0.184. The smallest absolute Gasteiger partial charge is 0.123 e. The van der Waals surface area contributed by atoms with Crippen LogP contribution in [0.1, 0.15) is 49.3 Å². The fourth-order valence-corrected chi connectivity index (χ4v) is 4.18. The molecule has 1 aliphatic rings. The highest BCUT2D eigenvalue weighted by Crippen LogP contribution is 2.36. The van der Waals surface area contributed by atoms with Crippen molar-refractivity contribution in [2.24, 2.45) is 0 Å². The Balaban J connectivity index is 1.57. The zero-order chi connectivity index (χ0) is 18.6. The topological polar surface area (TPSA) is 0 Å². The van der Waals surface area contributed by atoms with Gasteiger partial charge in [0.1, 0.15) is 5.82 Å². The molecule has 1 aliphatic carbocycles. The molecule has 0 unspecified atom stereocenters. The summed E-state index contributed by atoms with van der Waals surface area (Å²) in [7, 11) is 0. The SMILES string of the molecule is CCCCCCc1ccc2c(c1)CCc1cc(-c3ccc(F)cc3)ccc1-2. The molecule has 0 radical (unpaired) electrons. The minimum absolute atomic E-state index is 0.184. The van der Waals surface area contributed by atoms with Crippen molar-refractivity contribution in [1.29, 1.82) is 0 Å². The van der Waals surface area contributed by atoms with E-state index in [1.54, 1.807) is 0 Å². The van der Waals surface area contributed by atoms with E-state index in [2.05, 4.69) is 43.3 Å². The van der Waals surface area contributed by atoms with Gasteiger partial charge in [-0.25, -0.2) is 4.39 Å². The summed E-state index contributed by atoms with van der Waals surface area (Å²) >= 11 is 0. The molecule has 3 aromatic rings. The van der Waals surface area contributed by atoms with Crippen LogP contribution in [0, 0.1) is 5.82 Å². The van der Waals surface area contributed by atoms with E-state index in [1.165, 1.54) is 77.6 Å². The maximum absolute atomic E-state index is 13.2. The summed E-state index contributed by atoms with van der Waals surface area (Å²) in [6.45, 7) is 2.26. The number of fused-ring (bicyclic) bond motifs is 3. The van der Waals surface area contributed by atoms with Crippen LogP contribution in [0.5, 0.6) is 0 Å². The van der Waals surface area contributed by atoms with Crippen molar-refractivity contribution in [3.8, 4) is 22.3 Å². The zero-order valence-corrected chi connectivity index (χ0v) is 16.1. The summed E-state index contributed by atoms with van der Waals surface area (Å²) in [4.78, 5) is 0. The van der Waals surface area contributed by atoms with E-state index in [0.717, 1.165) is 18.4 Å². The van der Waals surface area contributed by atoms with Crippen molar-refractivity contribution in [3.63, 3.8) is 0 Å². The second-order valence-electron chi connectivity index (χ2n) is 7.68. The monoisotopic (exact) mass is 358 g/mol. The molecule has 0 fully saturated rings. The molecule has 0 atom stereocenters. The van der Waals surface area contributed by atoms with Gasteiger partial charge in [0.05, 0.1) is 0 Å². The molecule has 0 heterocycles. The van der Waals surface area contributed by atoms with Crippen molar-refractivity contribution in [1.82, 2.24) is 0 Å². The summed E-state index contributed by atoms with van der Waals surface area (Å²) < 4.78 is 13.2. The number of aryl methyl sites for hydroxylation is 3. The highest BCUT2D eigenvalue weighted by atomic mass is 19.1. The van der Waals surface area contributed by atoms with Gasteiger partial charge in [0.2, 0.25) is 0 Å². The fourth-order valence-electron chi connectivity index (χ4n) is 4.18. The van der Waals surface area contributed by atoms with Crippen LogP contribution in [-0.4, -0.2) is 0 Å². The molecule has 3 aromatic carbocycles. The summed E-state index contributed by atoms with van der Waals surface area (Å²) in [5.41, 5.74) is 9.37. The molecule has 0 saturated heterocycles. The minimum Gasteiger partial charge on any atom is -0.207 e. The van der Waals surface area contributed by atoms with Gasteiger partial charge in [0, 0.05) is 0 Å². The zero-order valence-electron chi connectivity index (χ0n) is 16.1. The van der Waals surface area contributed by atoms with Gasteiger partial charge in [-0.05, 0) is 76.8 Å². The van der Waals surface area contributed by atoms with Gasteiger partial charge in [0.25, 0.3) is 0 Å². The molecule has 138 valence electrons. The van der Waals surface area contributed by atoms with Gasteiger partial charge < -0.3 is 0 Å². The first-order chi connectivity index (χ1) is 13.2. The van der Waals surface area contributed by atoms with E-state index in [1.807, 2.05) is 12.1 Å². The Morgan fingerprint density at radius 3 is 2.11 bits per heavy atom. The molecule has 0 aliphatic heterocycles. The molecule has 0 bridgehead atoms. The fraction of sp³-hybridized carbons (Fsp3) is 0.308. The van der Waals surface area contributed by atoms with Gasteiger partial charge in [-0.1, -0.05) is 74.7 Å². The lowest BCUT2D eigenvalue weighted by Gasteiger charge is -2.21. The number of halogens is 1. The summed E-state index contributed by atoms with van der Waals surface area (Å²) in [5, 5.41) is 0. The lowest BCUT2D eigenvalue weighted by atomic mass is 9.83. The average molecular weight is 358 g/mol. The highest BCUT2D eigenvalue weighted by Gasteiger charge is 2.17. The van der Waals surface area contributed by atoms with Crippen molar-refractivity contribution in [2.75, 3.05) is 0 Å². The van der Waals surface area contributed by atoms with Crippen LogP contribution in [0.4, 0.5) is 4.39 Å². The molecule has 1 heteroatoms. The van der Waals surface area contributed by atoms with Crippen molar-refractivity contribution in [3.05, 3.63) is 83.2 Å². The van der Waals surface area contributed by atoms with Crippen LogP contribution in [0.2, 0.25) is 0 Å². The molecular weight excluding hydrogens is 331 g/mol. The van der Waals surface area contributed by atoms with E-state index >= 15 is 0 Å². The first kappa shape index (κ1) is 18.0. The molecule has 0 spiro atoms. The number of unbranched alkanes of at least 4 members (excludes halogenated alkanes) is 3. The molecule has 0 aromatic heterocycles. The first-order valence-corrected chi connectivity index (χ1v) is 10.3. The van der Waals surface area contributed by atoms with Crippen LogP contribution >= 0.6 is 0 Å². The van der Waals surface area contributed by atoms with Crippen LogP contribution in [-0.2, 0) is 19.3 Å². The second kappa shape index (κ2) is 8.08. The summed E-state index contributed by atoms with van der Waals surface area (Å²) in [5.74, 6) is -0.184. The number of hydrogen-bond acceptors (Lipinski definition) is 0. The van der Waals surface area contributed by atoms with Crippen LogP contribution < -0.4 is 0 Å². The number of benzene rings is 3. The Morgan fingerprint density at radius 1 is 0.704 bits per heavy atom. The Morgan fingerprint density at radius 2 is 1.37 bits per heavy atom. The van der Waals surface area contributed by atoms with Gasteiger partial charge in [0.15, 0.2) is 0 Å². The van der Waals surface area contributed by atoms with Crippen molar-refractivity contribution in [2.45, 2.75) is 51.9 Å². The Kier molecular flexibility index (Phi) is 5.38. The van der Waals surface area contributed by atoms with Crippen LogP contribution in [0.25, 0.3) is 22.3 Å². The molecular formula is C26H27F. The third-order valence-corrected chi connectivity index (χ3v) is 5.73. The van der Waals surface area contributed by atoms with Crippen molar-refractivity contribution >= 4 is 0 Å². The molecule has 0 saturated carbocycles. The average Bonchev–Trinajstić information content (AvgIpc) is 2.71. The Bertz CT molecular complexity index is 921.